The van der Waals surface area contributed by atoms with E-state index in [9.17, 15) is 4.79 Å². The molecule has 21 heavy (non-hydrogen) atoms. The normalized spacial score (nSPS) is 10.8. The van der Waals surface area contributed by atoms with Crippen molar-refractivity contribution in [3.05, 3.63) is 49.3 Å². The molecule has 0 aliphatic rings. The van der Waals surface area contributed by atoms with Gasteiger partial charge in [-0.2, -0.15) is 0 Å². The van der Waals surface area contributed by atoms with Gasteiger partial charge in [0.25, 0.3) is 0 Å². The Labute approximate surface area is 128 Å². The molecule has 0 radical (unpaired) electrons. The highest BCUT2D eigenvalue weighted by molar-refractivity contribution is 5.81. The molecule has 0 saturated heterocycles. The Morgan fingerprint density at radius 1 is 1.33 bits per heavy atom. The van der Waals surface area contributed by atoms with Crippen LogP contribution in [0.5, 0.6) is 0 Å². The van der Waals surface area contributed by atoms with Gasteiger partial charge in [-0.3, -0.25) is 4.98 Å². The van der Waals surface area contributed by atoms with Crippen LogP contribution in [0.25, 0.3) is 6.08 Å². The van der Waals surface area contributed by atoms with E-state index in [1.54, 1.807) is 18.5 Å². The van der Waals surface area contributed by atoms with Gasteiger partial charge in [0.1, 0.15) is 0 Å². The first-order valence-corrected chi connectivity index (χ1v) is 7.49. The van der Waals surface area contributed by atoms with E-state index < -0.39 is 0 Å². The zero-order valence-electron chi connectivity index (χ0n) is 13.3. The van der Waals surface area contributed by atoms with Crippen molar-refractivity contribution < 1.29 is 9.53 Å². The van der Waals surface area contributed by atoms with Crippen LogP contribution in [0.3, 0.4) is 0 Å². The minimum atomic E-state index is -0.310. The van der Waals surface area contributed by atoms with Crippen LogP contribution in [0.1, 0.15) is 45.1 Å². The Morgan fingerprint density at radius 2 is 2.00 bits per heavy atom. The van der Waals surface area contributed by atoms with Crippen LogP contribution in [0.4, 0.5) is 0 Å². The summed E-state index contributed by atoms with van der Waals surface area (Å²) in [5.41, 5.74) is 1.11. The Balaban J connectivity index is 0.000000423. The van der Waals surface area contributed by atoms with E-state index in [2.05, 4.69) is 32.0 Å². The Bertz CT molecular complexity index is 401. The molecule has 1 rings (SSSR count). The fourth-order valence-corrected chi connectivity index (χ4v) is 1.66. The van der Waals surface area contributed by atoms with Crippen LogP contribution in [0.2, 0.25) is 0 Å². The minimum absolute atomic E-state index is 0.310. The lowest BCUT2D eigenvalue weighted by Gasteiger charge is -2.13. The summed E-state index contributed by atoms with van der Waals surface area (Å²) in [6.07, 6.45) is 11.1. The summed E-state index contributed by atoms with van der Waals surface area (Å²) in [6, 6.07) is 3.82. The molecular weight excluding hydrogens is 262 g/mol. The zero-order valence-corrected chi connectivity index (χ0v) is 13.3. The molecule has 3 heteroatoms. The number of hydrogen-bond acceptors (Lipinski definition) is 3. The second-order valence-electron chi connectivity index (χ2n) is 4.74. The topological polar surface area (TPSA) is 39.2 Å². The van der Waals surface area contributed by atoms with Gasteiger partial charge in [-0.25, -0.2) is 4.79 Å². The third-order valence-electron chi connectivity index (χ3n) is 3.11. The number of nitrogens with zero attached hydrogens (tertiary/aromatic N) is 1. The van der Waals surface area contributed by atoms with Gasteiger partial charge in [-0.05, 0) is 30.0 Å². The summed E-state index contributed by atoms with van der Waals surface area (Å²) in [7, 11) is 0. The average molecular weight is 289 g/mol. The molecule has 0 N–H and O–H groups in total. The summed E-state index contributed by atoms with van der Waals surface area (Å²) >= 11 is 0. The third kappa shape index (κ3) is 10.5. The van der Waals surface area contributed by atoms with Crippen LogP contribution in [-0.4, -0.2) is 17.6 Å². The van der Waals surface area contributed by atoms with Crippen molar-refractivity contribution in [2.45, 2.75) is 39.5 Å². The van der Waals surface area contributed by atoms with Gasteiger partial charge in [0.15, 0.2) is 0 Å². The Morgan fingerprint density at radius 3 is 2.43 bits per heavy atom. The van der Waals surface area contributed by atoms with E-state index in [1.807, 2.05) is 12.1 Å². The van der Waals surface area contributed by atoms with E-state index in [0.29, 0.717) is 12.5 Å². The van der Waals surface area contributed by atoms with Crippen molar-refractivity contribution in [3.63, 3.8) is 0 Å². The van der Waals surface area contributed by atoms with Crippen molar-refractivity contribution in [3.8, 4) is 0 Å². The van der Waals surface area contributed by atoms with Crippen molar-refractivity contribution in [2.24, 2.45) is 5.92 Å². The van der Waals surface area contributed by atoms with Gasteiger partial charge in [-0.15, -0.1) is 0 Å². The second kappa shape index (κ2) is 13.1. The molecule has 1 heterocycles. The van der Waals surface area contributed by atoms with Crippen molar-refractivity contribution in [1.29, 1.82) is 0 Å². The highest BCUT2D eigenvalue weighted by Crippen LogP contribution is 2.12. The third-order valence-corrected chi connectivity index (χ3v) is 3.11. The van der Waals surface area contributed by atoms with Crippen molar-refractivity contribution >= 4 is 12.0 Å². The molecule has 1 aromatic rings. The summed E-state index contributed by atoms with van der Waals surface area (Å²) in [5.74, 6) is 0.207. The molecule has 116 valence electrons. The average Bonchev–Trinajstić information content (AvgIpc) is 2.56. The van der Waals surface area contributed by atoms with Gasteiger partial charge >= 0.3 is 5.97 Å². The number of hydrogen-bond donors (Lipinski definition) is 0. The van der Waals surface area contributed by atoms with Crippen molar-refractivity contribution in [2.75, 3.05) is 6.61 Å². The molecule has 3 nitrogen and oxygen atoms in total. The number of aromatic nitrogens is 1. The summed E-state index contributed by atoms with van der Waals surface area (Å²) < 4.78 is 4.98. The standard InChI is InChI=1S/C11H20O2.C7H7N/c1-4-7-8-10(5-2)9-13-11(12)6-3;1-2-7-3-5-8-6-4-7/h6,10H,3-5,7-9H2,1-2H3;2-6H,1H2. The molecule has 1 unspecified atom stereocenters. The van der Waals surface area contributed by atoms with E-state index in [4.69, 9.17) is 4.74 Å². The molecule has 1 aromatic heterocycles. The fourth-order valence-electron chi connectivity index (χ4n) is 1.66. The first-order chi connectivity index (χ1) is 10.2. The minimum Gasteiger partial charge on any atom is -0.462 e. The monoisotopic (exact) mass is 289 g/mol. The van der Waals surface area contributed by atoms with E-state index in [-0.39, 0.29) is 5.97 Å². The summed E-state index contributed by atoms with van der Waals surface area (Å²) in [4.78, 5) is 14.6. The molecular formula is C18H27NO2. The maximum absolute atomic E-state index is 10.8. The lowest BCUT2D eigenvalue weighted by Crippen LogP contribution is -2.12. The van der Waals surface area contributed by atoms with E-state index in [0.717, 1.165) is 18.4 Å². The van der Waals surface area contributed by atoms with Gasteiger partial charge in [0, 0.05) is 18.5 Å². The summed E-state index contributed by atoms with van der Waals surface area (Å²) in [6.45, 7) is 11.8. The predicted octanol–water partition coefficient (Wildman–Crippen LogP) is 4.66. The molecule has 1 atom stereocenters. The predicted molar refractivity (Wildman–Crippen MR) is 88.8 cm³/mol. The number of unbranched alkanes of at least 4 members (excludes halogenated alkanes) is 1. The lowest BCUT2D eigenvalue weighted by atomic mass is 10.0. The molecule has 0 saturated carbocycles. The number of pyridine rings is 1. The first-order valence-electron chi connectivity index (χ1n) is 7.49. The highest BCUT2D eigenvalue weighted by Gasteiger charge is 2.07. The molecule has 0 fully saturated rings. The van der Waals surface area contributed by atoms with E-state index >= 15 is 0 Å². The SMILES string of the molecule is C=CC(=O)OCC(CC)CCCC.C=Cc1ccncc1. The maximum atomic E-state index is 10.8. The summed E-state index contributed by atoms with van der Waals surface area (Å²) in [5, 5.41) is 0. The van der Waals surface area contributed by atoms with Gasteiger partial charge in [0.05, 0.1) is 6.61 Å². The zero-order chi connectivity index (χ0) is 15.9. The molecule has 0 bridgehead atoms. The van der Waals surface area contributed by atoms with Gasteiger partial charge in [0.2, 0.25) is 0 Å². The highest BCUT2D eigenvalue weighted by atomic mass is 16.5. The first kappa shape index (κ1) is 19.1. The van der Waals surface area contributed by atoms with Gasteiger partial charge < -0.3 is 4.74 Å². The number of carbonyl (C=O) groups excluding carboxylic acids is 1. The number of rotatable bonds is 8. The Kier molecular flexibility index (Phi) is 11.9. The van der Waals surface area contributed by atoms with Gasteiger partial charge in [-0.1, -0.05) is 52.3 Å². The van der Waals surface area contributed by atoms with Crippen LogP contribution in [0, 0.1) is 5.92 Å². The van der Waals surface area contributed by atoms with Crippen LogP contribution >= 0.6 is 0 Å². The largest absolute Gasteiger partial charge is 0.462 e. The Hall–Kier alpha value is -1.90. The molecule has 0 aliphatic carbocycles. The molecule has 0 aromatic carbocycles. The molecule has 0 amide bonds. The van der Waals surface area contributed by atoms with Crippen LogP contribution in [0.15, 0.2) is 43.8 Å². The smallest absolute Gasteiger partial charge is 0.330 e. The number of esters is 1. The molecule has 0 spiro atoms. The quantitative estimate of drug-likeness (QED) is 0.516. The number of ether oxygens (including phenoxy) is 1. The maximum Gasteiger partial charge on any atom is 0.330 e. The lowest BCUT2D eigenvalue weighted by molar-refractivity contribution is -0.139. The van der Waals surface area contributed by atoms with Crippen LogP contribution < -0.4 is 0 Å². The van der Waals surface area contributed by atoms with Crippen molar-refractivity contribution in [1.82, 2.24) is 4.98 Å². The fraction of sp³-hybridized carbons (Fsp3) is 0.444. The van der Waals surface area contributed by atoms with E-state index in [1.165, 1.54) is 18.9 Å². The van der Waals surface area contributed by atoms with Crippen LogP contribution in [-0.2, 0) is 9.53 Å². The number of carbonyl (C=O) groups is 1. The second-order valence-corrected chi connectivity index (χ2v) is 4.74. The molecule has 0 aliphatic heterocycles.